The number of halogens is 2. The van der Waals surface area contributed by atoms with Crippen molar-refractivity contribution in [1.82, 2.24) is 0 Å². The monoisotopic (exact) mass is 368 g/mol. The molecule has 2 aromatic rings. The number of benzene rings is 2. The fourth-order valence-electron chi connectivity index (χ4n) is 1.65. The number of aliphatic imine (C=N–C) groups is 1. The van der Waals surface area contributed by atoms with Gasteiger partial charge in [0, 0.05) is 27.3 Å². The zero-order chi connectivity index (χ0) is 15.6. The summed E-state index contributed by atoms with van der Waals surface area (Å²) in [6.45, 7) is 1.87. The van der Waals surface area contributed by atoms with Crippen LogP contribution in [0.25, 0.3) is 0 Å². The third kappa shape index (κ3) is 3.59. The van der Waals surface area contributed by atoms with E-state index in [-0.39, 0.29) is 11.3 Å². The van der Waals surface area contributed by atoms with Gasteiger partial charge in [-0.05, 0) is 30.7 Å². The van der Waals surface area contributed by atoms with Gasteiger partial charge in [0.15, 0.2) is 0 Å². The van der Waals surface area contributed by atoms with Crippen molar-refractivity contribution in [3.05, 3.63) is 61.1 Å². The topological polar surface area (TPSA) is 75.7 Å². The lowest BCUT2D eigenvalue weighted by Gasteiger charge is -2.02. The number of aromatic hydroxyl groups is 1. The van der Waals surface area contributed by atoms with E-state index in [0.717, 1.165) is 5.56 Å². The molecule has 2 rings (SSSR count). The minimum Gasteiger partial charge on any atom is -0.502 e. The first kappa shape index (κ1) is 15.5. The Hall–Kier alpha value is -1.92. The highest BCUT2D eigenvalue weighted by Crippen LogP contribution is 2.33. The lowest BCUT2D eigenvalue weighted by Crippen LogP contribution is -1.92. The van der Waals surface area contributed by atoms with Crippen molar-refractivity contribution in [2.75, 3.05) is 0 Å². The van der Waals surface area contributed by atoms with E-state index in [1.807, 2.05) is 13.0 Å². The highest BCUT2D eigenvalue weighted by atomic mass is 79.9. The van der Waals surface area contributed by atoms with Crippen LogP contribution in [0.15, 0.2) is 39.8 Å². The largest absolute Gasteiger partial charge is 0.502 e. The van der Waals surface area contributed by atoms with E-state index in [2.05, 4.69) is 20.9 Å². The molecule has 0 saturated heterocycles. The maximum atomic E-state index is 10.8. The van der Waals surface area contributed by atoms with Crippen LogP contribution in [0.4, 0.5) is 11.4 Å². The Balaban J connectivity index is 2.41. The summed E-state index contributed by atoms with van der Waals surface area (Å²) in [7, 11) is 0. The Labute approximate surface area is 134 Å². The van der Waals surface area contributed by atoms with Crippen LogP contribution in [0.5, 0.6) is 5.75 Å². The van der Waals surface area contributed by atoms with Gasteiger partial charge in [-0.2, -0.15) is 0 Å². The molecule has 1 N–H and O–H groups in total. The Morgan fingerprint density at radius 1 is 1.38 bits per heavy atom. The normalized spacial score (nSPS) is 11.0. The van der Waals surface area contributed by atoms with E-state index in [1.165, 1.54) is 12.3 Å². The van der Waals surface area contributed by atoms with Crippen molar-refractivity contribution in [2.45, 2.75) is 6.92 Å². The molecule has 0 heterocycles. The number of nitrogens with zero attached hydrogens (tertiary/aromatic N) is 2. The number of hydrogen-bond donors (Lipinski definition) is 1. The summed E-state index contributed by atoms with van der Waals surface area (Å²) in [5, 5.41) is 21.3. The van der Waals surface area contributed by atoms with Crippen LogP contribution in [0.3, 0.4) is 0 Å². The molecule has 5 nitrogen and oxygen atoms in total. The van der Waals surface area contributed by atoms with Crippen LogP contribution >= 0.6 is 27.5 Å². The van der Waals surface area contributed by atoms with Gasteiger partial charge in [0.05, 0.1) is 10.6 Å². The molecule has 2 aromatic carbocycles. The van der Waals surface area contributed by atoms with Gasteiger partial charge in [-0.25, -0.2) is 0 Å². The molecule has 0 aliphatic heterocycles. The molecule has 0 fully saturated rings. The Morgan fingerprint density at radius 3 is 2.71 bits per heavy atom. The van der Waals surface area contributed by atoms with E-state index in [0.29, 0.717) is 15.2 Å². The average Bonchev–Trinajstić information content (AvgIpc) is 2.42. The van der Waals surface area contributed by atoms with Crippen molar-refractivity contribution >= 4 is 45.1 Å². The van der Waals surface area contributed by atoms with Crippen LogP contribution in [-0.4, -0.2) is 16.2 Å². The second-order valence-corrected chi connectivity index (χ2v) is 5.63. The maximum Gasteiger partial charge on any atom is 0.312 e. The summed E-state index contributed by atoms with van der Waals surface area (Å²) >= 11 is 9.16. The van der Waals surface area contributed by atoms with Crippen molar-refractivity contribution in [1.29, 1.82) is 0 Å². The molecule has 0 atom stereocenters. The summed E-state index contributed by atoms with van der Waals surface area (Å²) in [4.78, 5) is 14.4. The molecule has 0 aliphatic rings. The fourth-order valence-corrected chi connectivity index (χ4v) is 2.29. The molecular formula is C14H10BrClN2O3. The van der Waals surface area contributed by atoms with E-state index in [4.69, 9.17) is 11.6 Å². The van der Waals surface area contributed by atoms with Gasteiger partial charge in [-0.3, -0.25) is 15.1 Å². The zero-order valence-corrected chi connectivity index (χ0v) is 13.2. The Bertz CT molecular complexity index is 747. The molecule has 0 bridgehead atoms. The number of hydrogen-bond acceptors (Lipinski definition) is 4. The number of aryl methyl sites for hydroxylation is 1. The van der Waals surface area contributed by atoms with E-state index in [9.17, 15) is 15.2 Å². The molecule has 0 spiro atoms. The molecule has 21 heavy (non-hydrogen) atoms. The molecule has 0 radical (unpaired) electrons. The molecule has 108 valence electrons. The predicted octanol–water partition coefficient (Wildman–Crippen LogP) is 4.78. The molecule has 0 amide bonds. The predicted molar refractivity (Wildman–Crippen MR) is 85.9 cm³/mol. The van der Waals surface area contributed by atoms with Gasteiger partial charge in [-0.15, -0.1) is 0 Å². The van der Waals surface area contributed by atoms with E-state index < -0.39 is 10.7 Å². The van der Waals surface area contributed by atoms with Crippen molar-refractivity contribution in [2.24, 2.45) is 4.99 Å². The minimum atomic E-state index is -0.653. The van der Waals surface area contributed by atoms with Crippen LogP contribution in [0.1, 0.15) is 11.1 Å². The lowest BCUT2D eigenvalue weighted by molar-refractivity contribution is -0.385. The van der Waals surface area contributed by atoms with E-state index in [1.54, 1.807) is 18.2 Å². The number of nitro benzene ring substituents is 1. The highest BCUT2D eigenvalue weighted by molar-refractivity contribution is 9.10. The average molecular weight is 370 g/mol. The van der Waals surface area contributed by atoms with Crippen molar-refractivity contribution in [3.63, 3.8) is 0 Å². The Morgan fingerprint density at radius 2 is 2.10 bits per heavy atom. The first-order chi connectivity index (χ1) is 9.88. The minimum absolute atomic E-state index is 0.243. The second-order valence-electron chi connectivity index (χ2n) is 4.31. The first-order valence-corrected chi connectivity index (χ1v) is 7.02. The molecular weight excluding hydrogens is 360 g/mol. The molecule has 0 aromatic heterocycles. The summed E-state index contributed by atoms with van der Waals surface area (Å²) in [5.41, 5.74) is 1.38. The number of phenols is 1. The van der Waals surface area contributed by atoms with Crippen molar-refractivity contribution < 1.29 is 10.0 Å². The molecule has 7 heteroatoms. The van der Waals surface area contributed by atoms with Gasteiger partial charge in [0.1, 0.15) is 0 Å². The number of rotatable bonds is 3. The zero-order valence-electron chi connectivity index (χ0n) is 10.9. The van der Waals surface area contributed by atoms with Gasteiger partial charge in [-0.1, -0.05) is 33.6 Å². The first-order valence-electron chi connectivity index (χ1n) is 5.85. The quantitative estimate of drug-likeness (QED) is 0.481. The van der Waals surface area contributed by atoms with Gasteiger partial charge >= 0.3 is 5.69 Å². The Kier molecular flexibility index (Phi) is 4.59. The number of nitro groups is 1. The molecule has 0 unspecified atom stereocenters. The summed E-state index contributed by atoms with van der Waals surface area (Å²) in [5.74, 6) is -0.426. The van der Waals surface area contributed by atoms with Crippen LogP contribution < -0.4 is 0 Å². The molecule has 0 aliphatic carbocycles. The standard InChI is InChI=1S/C14H10BrClN2O3/c1-8-2-3-11(6-12(8)16)17-7-9-4-10(15)5-13(14(9)19)18(20)21/h2-7,19H,1H3. The maximum absolute atomic E-state index is 10.8. The van der Waals surface area contributed by atoms with Crippen LogP contribution in [0, 0.1) is 17.0 Å². The summed E-state index contributed by atoms with van der Waals surface area (Å²) in [6.07, 6.45) is 1.36. The van der Waals surface area contributed by atoms with Crippen LogP contribution in [0.2, 0.25) is 5.02 Å². The summed E-state index contributed by atoms with van der Waals surface area (Å²) in [6, 6.07) is 8.03. The summed E-state index contributed by atoms with van der Waals surface area (Å²) < 4.78 is 0.482. The smallest absolute Gasteiger partial charge is 0.312 e. The highest BCUT2D eigenvalue weighted by Gasteiger charge is 2.17. The van der Waals surface area contributed by atoms with Gasteiger partial charge < -0.3 is 5.11 Å². The van der Waals surface area contributed by atoms with E-state index >= 15 is 0 Å². The fraction of sp³-hybridized carbons (Fsp3) is 0.0714. The third-order valence-corrected chi connectivity index (χ3v) is 3.65. The number of phenolic OH excluding ortho intramolecular Hbond substituents is 1. The second kappa shape index (κ2) is 6.24. The van der Waals surface area contributed by atoms with Gasteiger partial charge in [0.25, 0.3) is 0 Å². The SMILES string of the molecule is Cc1ccc(N=Cc2cc(Br)cc([N+](=O)[O-])c2O)cc1Cl. The van der Waals surface area contributed by atoms with Crippen LogP contribution in [-0.2, 0) is 0 Å². The lowest BCUT2D eigenvalue weighted by atomic mass is 10.2. The molecule has 0 saturated carbocycles. The third-order valence-electron chi connectivity index (χ3n) is 2.79. The van der Waals surface area contributed by atoms with Gasteiger partial charge in [0.2, 0.25) is 5.75 Å². The van der Waals surface area contributed by atoms with Crippen molar-refractivity contribution in [3.8, 4) is 5.75 Å².